The molecule has 0 aliphatic rings. The van der Waals surface area contributed by atoms with Gasteiger partial charge in [-0.05, 0) is 10.5 Å². The number of hydrogen-bond acceptors (Lipinski definition) is 3. The minimum absolute atomic E-state index is 0.286. The Morgan fingerprint density at radius 1 is 0.952 bits per heavy atom. The van der Waals surface area contributed by atoms with E-state index in [1.165, 1.54) is 4.57 Å². The molecule has 0 saturated carbocycles. The second-order valence-electron chi connectivity index (χ2n) is 7.49. The fraction of sp³-hybridized carbons (Fsp3) is 0.375. The lowest BCUT2D eigenvalue weighted by atomic mass is 9.48. The van der Waals surface area contributed by atoms with Crippen molar-refractivity contribution in [2.75, 3.05) is 0 Å². The number of rotatable bonds is 2. The third-order valence-corrected chi connectivity index (χ3v) is 3.64. The van der Waals surface area contributed by atoms with Crippen LogP contribution < -0.4 is 17.0 Å². The normalized spacial score (nSPS) is 12.8. The Bertz CT molecular complexity index is 838. The highest BCUT2D eigenvalue weighted by Crippen LogP contribution is 2.10. The van der Waals surface area contributed by atoms with Crippen LogP contribution >= 0.6 is 0 Å². The molecule has 0 aliphatic carbocycles. The van der Waals surface area contributed by atoms with Crippen LogP contribution in [0.25, 0.3) is 11.2 Å². The number of nitrogens with zero attached hydrogens (tertiary/aromatic N) is 4. The van der Waals surface area contributed by atoms with E-state index < -0.39 is 10.5 Å². The van der Waals surface area contributed by atoms with Crippen LogP contribution in [0.2, 0.25) is 0 Å². The molecule has 2 heterocycles. The van der Waals surface area contributed by atoms with Crippen molar-refractivity contribution in [3.05, 3.63) is 20.8 Å². The predicted molar refractivity (Wildman–Crippen MR) is 105 cm³/mol. The van der Waals surface area contributed by atoms with E-state index in [1.807, 2.05) is 54.9 Å². The van der Waals surface area contributed by atoms with Gasteiger partial charge in [0.15, 0.2) is 19.0 Å². The zero-order valence-electron chi connectivity index (χ0n) is 14.1. The van der Waals surface area contributed by atoms with Crippen LogP contribution in [0.5, 0.6) is 0 Å². The Morgan fingerprint density at radius 2 is 1.43 bits per heavy atom. The van der Waals surface area contributed by atoms with Gasteiger partial charge in [0.2, 0.25) is 0 Å². The molecule has 0 unspecified atom stereocenters. The summed E-state index contributed by atoms with van der Waals surface area (Å²) in [6.07, 6.45) is 0. The van der Waals surface area contributed by atoms with Crippen LogP contribution in [0.3, 0.4) is 0 Å². The molecule has 6 nitrogen and oxygen atoms in total. The highest BCUT2D eigenvalue weighted by atomic mass is 16.2. The molecule has 0 amide bonds. The third-order valence-electron chi connectivity index (χ3n) is 3.64. The summed E-state index contributed by atoms with van der Waals surface area (Å²) in [6, 6.07) is 0. The highest BCUT2D eigenvalue weighted by Gasteiger charge is 2.29. The van der Waals surface area contributed by atoms with E-state index in [-0.39, 0.29) is 11.2 Å². The molecule has 0 aliphatic heterocycles. The zero-order valence-corrected chi connectivity index (χ0v) is 14.1. The number of fused-ring (bicyclic) bond motifs is 1. The third kappa shape index (κ3) is 2.36. The molecule has 0 N–H and O–H groups in total. The molecule has 0 saturated heterocycles. The minimum atomic E-state index is -0.590. The molecule has 21 heavy (non-hydrogen) atoms. The summed E-state index contributed by atoms with van der Waals surface area (Å²) in [5.41, 5.74) is 1.04. The number of aryl methyl sites for hydroxylation is 1. The molecule has 2 rings (SSSR count). The van der Waals surface area contributed by atoms with Gasteiger partial charge in [0, 0.05) is 7.05 Å². The maximum absolute atomic E-state index is 12.9. The van der Waals surface area contributed by atoms with Gasteiger partial charge in [0.1, 0.15) is 47.1 Å². The fourth-order valence-electron chi connectivity index (χ4n) is 2.57. The Hall–Kier alpha value is -1.40. The Morgan fingerprint density at radius 3 is 1.86 bits per heavy atom. The molecule has 0 bridgehead atoms. The molecule has 0 fully saturated rings. The topological polar surface area (TPSA) is 61.8 Å². The summed E-state index contributed by atoms with van der Waals surface area (Å²) < 4.78 is 4.69. The average Bonchev–Trinajstić information content (AvgIpc) is 2.50. The van der Waals surface area contributed by atoms with Crippen molar-refractivity contribution in [2.24, 2.45) is 7.05 Å². The van der Waals surface area contributed by atoms with Gasteiger partial charge in [-0.1, -0.05) is 0 Å². The molecular weight excluding hydrogens is 260 g/mol. The summed E-state index contributed by atoms with van der Waals surface area (Å²) in [5, 5.41) is -1.05. The van der Waals surface area contributed by atoms with Gasteiger partial charge in [0.25, 0.3) is 5.56 Å². The monoisotopic (exact) mass is 278 g/mol. The minimum Gasteiger partial charge on any atom is -0.334 e. The standard InChI is InChI=1S/C8H17B7N4O2/c1-17-2-3(16-5(17)9)18(7(10,11)12)6(21)19(4(2)20)8(13,14)15/h9-15H2,1H3. The van der Waals surface area contributed by atoms with Crippen molar-refractivity contribution in [1.82, 2.24) is 18.7 Å². The van der Waals surface area contributed by atoms with Crippen LogP contribution in [0.4, 0.5) is 0 Å². The molecule has 2 aromatic rings. The van der Waals surface area contributed by atoms with Crippen molar-refractivity contribution in [1.29, 1.82) is 0 Å². The number of aromatic nitrogens is 4. The molecule has 13 heteroatoms. The summed E-state index contributed by atoms with van der Waals surface area (Å²) in [4.78, 5) is 30.1. The molecule has 0 atom stereocenters. The second kappa shape index (κ2) is 4.55. The Balaban J connectivity index is 3.21. The van der Waals surface area contributed by atoms with Crippen molar-refractivity contribution in [2.45, 2.75) is 10.5 Å². The van der Waals surface area contributed by atoms with Gasteiger partial charge in [0.05, 0.1) is 5.72 Å². The SMILES string of the molecule is Bc1nc2c(c(=O)n(C(B)(B)B)c(=O)n2C(B)(B)B)n1C. The van der Waals surface area contributed by atoms with Crippen molar-refractivity contribution in [3.8, 4) is 0 Å². The van der Waals surface area contributed by atoms with Crippen molar-refractivity contribution < 1.29 is 0 Å². The molecule has 2 aromatic heterocycles. The van der Waals surface area contributed by atoms with E-state index >= 15 is 0 Å². The van der Waals surface area contributed by atoms with Crippen LogP contribution in [-0.4, -0.2) is 73.6 Å². The first-order valence-corrected chi connectivity index (χ1v) is 7.09. The quantitative estimate of drug-likeness (QED) is 0.512. The van der Waals surface area contributed by atoms with Gasteiger partial charge in [-0.2, -0.15) is 0 Å². The Labute approximate surface area is 129 Å². The van der Waals surface area contributed by atoms with E-state index in [0.29, 0.717) is 16.9 Å². The first-order valence-electron chi connectivity index (χ1n) is 7.09. The van der Waals surface area contributed by atoms with E-state index in [2.05, 4.69) is 4.98 Å². The van der Waals surface area contributed by atoms with Crippen LogP contribution in [0.15, 0.2) is 9.59 Å². The van der Waals surface area contributed by atoms with Gasteiger partial charge < -0.3 is 4.57 Å². The van der Waals surface area contributed by atoms with Gasteiger partial charge >= 0.3 is 5.69 Å². The highest BCUT2D eigenvalue weighted by molar-refractivity contribution is 6.57. The second-order valence-corrected chi connectivity index (χ2v) is 7.49. The number of imidazole rings is 1. The van der Waals surface area contributed by atoms with Gasteiger partial charge in [-0.3, -0.25) is 13.9 Å². The molecule has 0 spiro atoms. The molecular formula is C8H17B7N4O2. The largest absolute Gasteiger partial charge is 0.334 e. The predicted octanol–water partition coefficient (Wildman–Crippen LogP) is -8.91. The van der Waals surface area contributed by atoms with Crippen LogP contribution in [0.1, 0.15) is 0 Å². The van der Waals surface area contributed by atoms with E-state index in [9.17, 15) is 9.59 Å². The van der Waals surface area contributed by atoms with Crippen LogP contribution in [-0.2, 0) is 17.5 Å². The van der Waals surface area contributed by atoms with Crippen LogP contribution in [0, 0.1) is 0 Å². The lowest BCUT2D eigenvalue weighted by Gasteiger charge is -2.28. The van der Waals surface area contributed by atoms with Crippen molar-refractivity contribution in [3.63, 3.8) is 0 Å². The summed E-state index contributed by atoms with van der Waals surface area (Å²) in [5.74, 6) is 0. The average molecular weight is 277 g/mol. The molecule has 0 radical (unpaired) electrons. The summed E-state index contributed by atoms with van der Waals surface area (Å²) in [7, 11) is 15.0. The lowest BCUT2D eigenvalue weighted by Crippen LogP contribution is -2.57. The van der Waals surface area contributed by atoms with Crippen molar-refractivity contribution >= 4 is 71.8 Å². The van der Waals surface area contributed by atoms with Gasteiger partial charge in [-0.25, -0.2) is 9.78 Å². The maximum atomic E-state index is 12.9. The zero-order chi connectivity index (χ0) is 16.3. The fourth-order valence-corrected chi connectivity index (χ4v) is 2.57. The summed E-state index contributed by atoms with van der Waals surface area (Å²) >= 11 is 0. The van der Waals surface area contributed by atoms with E-state index in [4.69, 9.17) is 0 Å². The number of hydrogen-bond donors (Lipinski definition) is 0. The first kappa shape index (κ1) is 16.0. The van der Waals surface area contributed by atoms with E-state index in [1.54, 1.807) is 16.2 Å². The Kier molecular flexibility index (Phi) is 3.46. The maximum Gasteiger partial charge on any atom is 0.329 e. The molecule has 0 aromatic carbocycles. The summed E-state index contributed by atoms with van der Waals surface area (Å²) in [6.45, 7) is 0. The smallest absolute Gasteiger partial charge is 0.329 e. The molecule has 102 valence electrons. The van der Waals surface area contributed by atoms with Gasteiger partial charge in [-0.15, -0.1) is 0 Å². The first-order chi connectivity index (χ1) is 9.37. The van der Waals surface area contributed by atoms with E-state index in [0.717, 1.165) is 0 Å². The lowest BCUT2D eigenvalue weighted by molar-refractivity contribution is 0.612.